The van der Waals surface area contributed by atoms with E-state index in [0.717, 1.165) is 23.9 Å². The number of unbranched alkanes of at least 4 members (excludes halogenated alkanes) is 1. The largest absolute Gasteiger partial charge is 0.494 e. The monoisotopic (exact) mass is 625 g/mol. The number of hydrogen-bond acceptors (Lipinski definition) is 6. The molecule has 0 saturated heterocycles. The Balaban J connectivity index is 1.80. The number of aliphatic hydroxyl groups excluding tert-OH is 1. The molecule has 0 radical (unpaired) electrons. The molecule has 0 spiro atoms. The first kappa shape index (κ1) is 32.9. The van der Waals surface area contributed by atoms with Gasteiger partial charge < -0.3 is 15.2 Å². The van der Waals surface area contributed by atoms with Crippen LogP contribution in [0.25, 0.3) is 0 Å². The minimum absolute atomic E-state index is 0.0229. The molecule has 3 rings (SSSR count). The number of benzene rings is 3. The SMILES string of the molecule is O=C(Nc1ccc(OCCCCF)cc1C(=O)N/N=C/c1ccc(Cl)c(C(F)(F)F)c1)c1cccc(CSCCO)c1. The molecule has 0 fully saturated rings. The summed E-state index contributed by atoms with van der Waals surface area (Å²) in [4.78, 5) is 26.1. The number of alkyl halides is 4. The molecular formula is C29H28ClF4N3O4S. The molecule has 3 aromatic rings. The first-order chi connectivity index (χ1) is 20.1. The predicted octanol–water partition coefficient (Wildman–Crippen LogP) is 6.73. The van der Waals surface area contributed by atoms with Crippen molar-refractivity contribution in [2.75, 3.05) is 31.0 Å². The molecule has 13 heteroatoms. The van der Waals surface area contributed by atoms with Gasteiger partial charge in [0.1, 0.15) is 5.75 Å². The fourth-order valence-corrected chi connectivity index (χ4v) is 4.53. The number of anilines is 1. The lowest BCUT2D eigenvalue weighted by molar-refractivity contribution is -0.137. The molecule has 0 aromatic heterocycles. The number of hydrogen-bond donors (Lipinski definition) is 3. The highest BCUT2D eigenvalue weighted by molar-refractivity contribution is 7.98. The minimum Gasteiger partial charge on any atom is -0.494 e. The first-order valence-corrected chi connectivity index (χ1v) is 14.3. The van der Waals surface area contributed by atoms with Crippen molar-refractivity contribution in [3.8, 4) is 5.75 Å². The second kappa shape index (κ2) is 16.1. The number of rotatable bonds is 14. The van der Waals surface area contributed by atoms with Gasteiger partial charge >= 0.3 is 6.18 Å². The summed E-state index contributed by atoms with van der Waals surface area (Å²) in [7, 11) is 0. The summed E-state index contributed by atoms with van der Waals surface area (Å²) in [5.74, 6) is 0.186. The lowest BCUT2D eigenvalue weighted by Crippen LogP contribution is -2.21. The van der Waals surface area contributed by atoms with Gasteiger partial charge in [-0.05, 0) is 66.4 Å². The van der Waals surface area contributed by atoms with Crippen LogP contribution < -0.4 is 15.5 Å². The van der Waals surface area contributed by atoms with Crippen LogP contribution in [-0.4, -0.2) is 48.8 Å². The summed E-state index contributed by atoms with van der Waals surface area (Å²) in [5, 5.41) is 15.0. The number of nitrogens with one attached hydrogen (secondary N) is 2. The van der Waals surface area contributed by atoms with E-state index in [4.69, 9.17) is 21.4 Å². The van der Waals surface area contributed by atoms with Gasteiger partial charge in [0.05, 0.1) is 47.9 Å². The van der Waals surface area contributed by atoms with E-state index in [-0.39, 0.29) is 35.8 Å². The highest BCUT2D eigenvalue weighted by Gasteiger charge is 2.33. The average molecular weight is 626 g/mol. The van der Waals surface area contributed by atoms with E-state index in [1.807, 2.05) is 6.07 Å². The third-order valence-corrected chi connectivity index (χ3v) is 6.99. The zero-order valence-electron chi connectivity index (χ0n) is 22.2. The first-order valence-electron chi connectivity index (χ1n) is 12.7. The maximum absolute atomic E-state index is 13.2. The van der Waals surface area contributed by atoms with E-state index in [1.54, 1.807) is 24.3 Å². The standard InChI is InChI=1S/C29H28ClF4N3O4S/c30-25-8-6-19(15-24(25)29(32,33)34)17-35-37-28(40)23-16-22(41-12-2-1-10-31)7-9-26(23)36-27(39)21-5-3-4-20(14-21)18-42-13-11-38/h3-9,14-17,38H,1-2,10-13,18H2,(H,36,39)(H,37,40)/b35-17+. The van der Waals surface area contributed by atoms with Crippen molar-refractivity contribution < 1.29 is 37.0 Å². The van der Waals surface area contributed by atoms with Gasteiger partial charge in [-0.2, -0.15) is 30.0 Å². The Morgan fingerprint density at radius 2 is 1.86 bits per heavy atom. The summed E-state index contributed by atoms with van der Waals surface area (Å²) in [6.07, 6.45) is -2.87. The smallest absolute Gasteiger partial charge is 0.417 e. The molecule has 0 aliphatic heterocycles. The van der Waals surface area contributed by atoms with Gasteiger partial charge in [0.25, 0.3) is 11.8 Å². The fraction of sp³-hybridized carbons (Fsp3) is 0.276. The van der Waals surface area contributed by atoms with E-state index in [0.29, 0.717) is 29.9 Å². The second-order valence-corrected chi connectivity index (χ2v) is 10.3. The van der Waals surface area contributed by atoms with Crippen molar-refractivity contribution in [1.82, 2.24) is 5.43 Å². The van der Waals surface area contributed by atoms with Crippen LogP contribution in [0.4, 0.5) is 23.2 Å². The van der Waals surface area contributed by atoms with E-state index < -0.39 is 35.3 Å². The molecular weight excluding hydrogens is 598 g/mol. The number of carbonyl (C=O) groups is 2. The van der Waals surface area contributed by atoms with Gasteiger partial charge in [-0.1, -0.05) is 29.8 Å². The highest BCUT2D eigenvalue weighted by Crippen LogP contribution is 2.35. The van der Waals surface area contributed by atoms with Crippen molar-refractivity contribution in [3.05, 3.63) is 93.5 Å². The summed E-state index contributed by atoms with van der Waals surface area (Å²) in [6, 6.07) is 14.5. The molecule has 0 heterocycles. The van der Waals surface area contributed by atoms with E-state index >= 15 is 0 Å². The van der Waals surface area contributed by atoms with Crippen molar-refractivity contribution in [3.63, 3.8) is 0 Å². The average Bonchev–Trinajstić information content (AvgIpc) is 2.96. The summed E-state index contributed by atoms with van der Waals surface area (Å²) >= 11 is 7.16. The number of halogens is 5. The van der Waals surface area contributed by atoms with Crippen LogP contribution in [0.15, 0.2) is 65.8 Å². The molecule has 0 unspecified atom stereocenters. The van der Waals surface area contributed by atoms with Crippen molar-refractivity contribution in [2.45, 2.75) is 24.8 Å². The number of thioether (sulfide) groups is 1. The van der Waals surface area contributed by atoms with E-state index in [1.165, 1.54) is 30.0 Å². The molecule has 224 valence electrons. The van der Waals surface area contributed by atoms with Crippen molar-refractivity contribution >= 4 is 47.1 Å². The molecule has 42 heavy (non-hydrogen) atoms. The number of aliphatic hydroxyl groups is 1. The molecule has 0 aliphatic rings. The van der Waals surface area contributed by atoms with Crippen LogP contribution in [0, 0.1) is 0 Å². The van der Waals surface area contributed by atoms with Crippen LogP contribution >= 0.6 is 23.4 Å². The van der Waals surface area contributed by atoms with Gasteiger partial charge in [-0.25, -0.2) is 5.43 Å². The number of ether oxygens (including phenoxy) is 1. The van der Waals surface area contributed by atoms with Crippen LogP contribution in [0.1, 0.15) is 50.2 Å². The lowest BCUT2D eigenvalue weighted by atomic mass is 10.1. The normalized spacial score (nSPS) is 11.5. The Morgan fingerprint density at radius 1 is 1.05 bits per heavy atom. The molecule has 3 N–H and O–H groups in total. The quantitative estimate of drug-likeness (QED) is 0.0799. The van der Waals surface area contributed by atoms with Gasteiger partial charge in [-0.15, -0.1) is 0 Å². The second-order valence-electron chi connectivity index (χ2n) is 8.82. The zero-order valence-corrected chi connectivity index (χ0v) is 23.8. The van der Waals surface area contributed by atoms with E-state index in [9.17, 15) is 27.2 Å². The van der Waals surface area contributed by atoms with E-state index in [2.05, 4.69) is 15.8 Å². The van der Waals surface area contributed by atoms with Crippen LogP contribution in [0.2, 0.25) is 5.02 Å². The fourth-order valence-electron chi connectivity index (χ4n) is 3.61. The Bertz CT molecular complexity index is 1410. The molecule has 0 atom stereocenters. The lowest BCUT2D eigenvalue weighted by Gasteiger charge is -2.13. The van der Waals surface area contributed by atoms with Gasteiger partial charge in [0.2, 0.25) is 0 Å². The van der Waals surface area contributed by atoms with Crippen LogP contribution in [0.3, 0.4) is 0 Å². The number of amides is 2. The Kier molecular flexibility index (Phi) is 12.6. The Labute approximate surface area is 249 Å². The van der Waals surface area contributed by atoms with Gasteiger partial charge in [0.15, 0.2) is 0 Å². The number of hydrazone groups is 1. The zero-order chi connectivity index (χ0) is 30.5. The summed E-state index contributed by atoms with van der Waals surface area (Å²) in [6.45, 7) is -0.239. The van der Waals surface area contributed by atoms with Crippen molar-refractivity contribution in [1.29, 1.82) is 0 Å². The molecule has 3 aromatic carbocycles. The van der Waals surface area contributed by atoms with Gasteiger partial charge in [0, 0.05) is 17.1 Å². The number of carbonyl (C=O) groups excluding carboxylic acids is 2. The molecule has 0 saturated carbocycles. The maximum Gasteiger partial charge on any atom is 0.417 e. The molecule has 0 bridgehead atoms. The topological polar surface area (TPSA) is 100 Å². The highest BCUT2D eigenvalue weighted by atomic mass is 35.5. The van der Waals surface area contributed by atoms with Gasteiger partial charge in [-0.3, -0.25) is 14.0 Å². The van der Waals surface area contributed by atoms with Crippen molar-refractivity contribution in [2.24, 2.45) is 5.10 Å². The van der Waals surface area contributed by atoms with Crippen LogP contribution in [0.5, 0.6) is 5.75 Å². The molecule has 0 aliphatic carbocycles. The molecule has 7 nitrogen and oxygen atoms in total. The summed E-state index contributed by atoms with van der Waals surface area (Å²) in [5.41, 5.74) is 2.58. The van der Waals surface area contributed by atoms with Crippen LogP contribution in [-0.2, 0) is 11.9 Å². The Hall–Kier alpha value is -3.61. The third-order valence-electron chi connectivity index (χ3n) is 5.65. The third kappa shape index (κ3) is 10.0. The minimum atomic E-state index is -4.67. The Morgan fingerprint density at radius 3 is 2.60 bits per heavy atom. The maximum atomic E-state index is 13.2. The predicted molar refractivity (Wildman–Crippen MR) is 156 cm³/mol. The summed E-state index contributed by atoms with van der Waals surface area (Å²) < 4.78 is 57.5. The number of nitrogens with zero attached hydrogens (tertiary/aromatic N) is 1. The molecule has 2 amide bonds.